The average molecular weight is 407 g/mol. The molecule has 1 heterocycles. The van der Waals surface area contributed by atoms with Crippen molar-refractivity contribution in [2.75, 3.05) is 20.5 Å². The number of allylic oxidation sites excluding steroid dienone is 2. The van der Waals surface area contributed by atoms with Crippen molar-refractivity contribution in [3.8, 4) is 0 Å². The first kappa shape index (κ1) is 20.7. The Labute approximate surface area is 165 Å². The van der Waals surface area contributed by atoms with E-state index in [0.29, 0.717) is 18.5 Å². The summed E-state index contributed by atoms with van der Waals surface area (Å²) in [7, 11) is -0.941. The summed E-state index contributed by atoms with van der Waals surface area (Å²) >= 11 is 0. The molecule has 2 unspecified atom stereocenters. The van der Waals surface area contributed by atoms with Gasteiger partial charge in [-0.05, 0) is 25.0 Å². The molecule has 1 amide bonds. The molecule has 1 aromatic rings. The van der Waals surface area contributed by atoms with Crippen LogP contribution in [0, 0.1) is 0 Å². The number of nitrogens with zero attached hydrogens (tertiary/aromatic N) is 1. The van der Waals surface area contributed by atoms with Crippen molar-refractivity contribution in [1.82, 2.24) is 4.90 Å². The normalized spacial score (nSPS) is 23.1. The summed E-state index contributed by atoms with van der Waals surface area (Å²) in [6, 6.07) is 7.39. The van der Waals surface area contributed by atoms with Crippen LogP contribution in [-0.2, 0) is 30.3 Å². The van der Waals surface area contributed by atoms with Gasteiger partial charge in [0, 0.05) is 26.3 Å². The van der Waals surface area contributed by atoms with E-state index in [1.807, 2.05) is 36.4 Å². The summed E-state index contributed by atoms with van der Waals surface area (Å²) in [6.45, 7) is 1.92. The van der Waals surface area contributed by atoms with E-state index in [1.54, 1.807) is 24.0 Å². The monoisotopic (exact) mass is 407 g/mol. The topological polar surface area (TPSA) is 82.1 Å². The van der Waals surface area contributed by atoms with Gasteiger partial charge in [0.2, 0.25) is 5.79 Å². The van der Waals surface area contributed by atoms with E-state index in [-0.39, 0.29) is 5.91 Å². The van der Waals surface area contributed by atoms with Crippen molar-refractivity contribution >= 4 is 16.0 Å². The fourth-order valence-corrected chi connectivity index (χ4v) is 4.93. The third kappa shape index (κ3) is 3.20. The van der Waals surface area contributed by atoms with E-state index in [9.17, 15) is 13.2 Å². The van der Waals surface area contributed by atoms with Crippen molar-refractivity contribution in [3.63, 3.8) is 0 Å². The minimum Gasteiger partial charge on any atom is -0.349 e. The smallest absolute Gasteiger partial charge is 0.264 e. The van der Waals surface area contributed by atoms with Crippen molar-refractivity contribution in [2.45, 2.75) is 37.3 Å². The van der Waals surface area contributed by atoms with Crippen LogP contribution in [0.25, 0.3) is 0 Å². The molecular formula is C20H25NO6S. The molecule has 28 heavy (non-hydrogen) atoms. The Kier molecular flexibility index (Phi) is 5.51. The van der Waals surface area contributed by atoms with Gasteiger partial charge in [-0.15, -0.1) is 0 Å². The third-order valence-electron chi connectivity index (χ3n) is 5.42. The van der Waals surface area contributed by atoms with Gasteiger partial charge in [-0.1, -0.05) is 42.5 Å². The summed E-state index contributed by atoms with van der Waals surface area (Å²) in [6.07, 6.45) is 7.72. The van der Waals surface area contributed by atoms with Gasteiger partial charge in [-0.2, -0.15) is 8.42 Å². The van der Waals surface area contributed by atoms with E-state index in [4.69, 9.17) is 13.7 Å². The number of ether oxygens (including phenoxy) is 2. The van der Waals surface area contributed by atoms with Crippen LogP contribution in [0.1, 0.15) is 29.3 Å². The highest BCUT2D eigenvalue weighted by Gasteiger charge is 2.61. The molecule has 0 fully saturated rings. The van der Waals surface area contributed by atoms with Crippen LogP contribution in [0.5, 0.6) is 0 Å². The summed E-state index contributed by atoms with van der Waals surface area (Å²) in [4.78, 5) is 15.0. The van der Waals surface area contributed by atoms with E-state index in [2.05, 4.69) is 0 Å². The molecule has 0 radical (unpaired) electrons. The third-order valence-corrected chi connectivity index (χ3v) is 6.05. The molecule has 2 aliphatic rings. The zero-order valence-corrected chi connectivity index (χ0v) is 17.2. The summed E-state index contributed by atoms with van der Waals surface area (Å²) < 4.78 is 40.5. The minimum absolute atomic E-state index is 0.166. The highest BCUT2D eigenvalue weighted by molar-refractivity contribution is 7.86. The Hall–Kier alpha value is -2.00. The highest BCUT2D eigenvalue weighted by atomic mass is 32.2. The van der Waals surface area contributed by atoms with Crippen molar-refractivity contribution < 1.29 is 26.9 Å². The zero-order valence-electron chi connectivity index (χ0n) is 16.4. The second kappa shape index (κ2) is 7.44. The van der Waals surface area contributed by atoms with Crippen molar-refractivity contribution in [2.24, 2.45) is 0 Å². The van der Waals surface area contributed by atoms with E-state index >= 15 is 0 Å². The molecule has 3 rings (SSSR count). The first-order chi connectivity index (χ1) is 13.2. The summed E-state index contributed by atoms with van der Waals surface area (Å²) in [5.41, 5.74) is 0.404. The van der Waals surface area contributed by atoms with Gasteiger partial charge in [0.25, 0.3) is 16.0 Å². The quantitative estimate of drug-likeness (QED) is 0.509. The molecule has 152 valence electrons. The molecule has 0 bridgehead atoms. The molecule has 0 saturated carbocycles. The molecule has 1 aliphatic heterocycles. The van der Waals surface area contributed by atoms with Gasteiger partial charge < -0.3 is 14.4 Å². The lowest BCUT2D eigenvalue weighted by atomic mass is 9.78. The molecule has 7 nitrogen and oxygen atoms in total. The molecular weight excluding hydrogens is 382 g/mol. The Morgan fingerprint density at radius 3 is 2.39 bits per heavy atom. The number of amides is 1. The molecule has 0 N–H and O–H groups in total. The second-order valence-corrected chi connectivity index (χ2v) is 8.58. The number of benzene rings is 1. The van der Waals surface area contributed by atoms with E-state index < -0.39 is 27.5 Å². The summed E-state index contributed by atoms with van der Waals surface area (Å²) in [5, 5.41) is 0. The number of rotatable bonds is 7. The number of methoxy groups -OCH3 is 2. The van der Waals surface area contributed by atoms with Crippen LogP contribution in [-0.4, -0.2) is 57.1 Å². The molecule has 0 spiro atoms. The van der Waals surface area contributed by atoms with Crippen LogP contribution < -0.4 is 0 Å². The molecule has 0 saturated heterocycles. The summed E-state index contributed by atoms with van der Waals surface area (Å²) in [5.74, 6) is -1.73. The van der Waals surface area contributed by atoms with Gasteiger partial charge in [0.15, 0.2) is 0 Å². The standard InChI is InChI=1S/C20H25NO6S/c1-15(27-28(4,23)24)20(25-2,26-3)19(12-8-5-9-13-19)21-14-16-10-6-7-11-17(16)18(21)22/h5-12,15H,13-14H2,1-4H3. The molecule has 8 heteroatoms. The van der Waals surface area contributed by atoms with E-state index in [1.165, 1.54) is 14.2 Å². The predicted octanol–water partition coefficient (Wildman–Crippen LogP) is 2.25. The number of hydrogen-bond acceptors (Lipinski definition) is 6. The Balaban J connectivity index is 2.14. The maximum absolute atomic E-state index is 13.3. The fourth-order valence-electron chi connectivity index (χ4n) is 4.28. The Morgan fingerprint density at radius 2 is 1.86 bits per heavy atom. The zero-order chi connectivity index (χ0) is 20.6. The van der Waals surface area contributed by atoms with Crippen LogP contribution in [0.3, 0.4) is 0 Å². The fraction of sp³-hybridized carbons (Fsp3) is 0.450. The second-order valence-electron chi connectivity index (χ2n) is 6.98. The average Bonchev–Trinajstić information content (AvgIpc) is 3.00. The van der Waals surface area contributed by atoms with Gasteiger partial charge in [-0.25, -0.2) is 0 Å². The van der Waals surface area contributed by atoms with Crippen LogP contribution in [0.2, 0.25) is 0 Å². The highest BCUT2D eigenvalue weighted by Crippen LogP contribution is 2.45. The van der Waals surface area contributed by atoms with Gasteiger partial charge in [0.1, 0.15) is 11.6 Å². The largest absolute Gasteiger partial charge is 0.349 e. The van der Waals surface area contributed by atoms with Crippen molar-refractivity contribution in [3.05, 3.63) is 59.7 Å². The lowest BCUT2D eigenvalue weighted by molar-refractivity contribution is -0.296. The molecule has 1 aliphatic carbocycles. The lowest BCUT2D eigenvalue weighted by Crippen LogP contribution is -2.70. The van der Waals surface area contributed by atoms with Crippen LogP contribution >= 0.6 is 0 Å². The first-order valence-corrected chi connectivity index (χ1v) is 10.8. The Morgan fingerprint density at radius 1 is 1.18 bits per heavy atom. The van der Waals surface area contributed by atoms with Crippen molar-refractivity contribution in [1.29, 1.82) is 0 Å². The van der Waals surface area contributed by atoms with E-state index in [0.717, 1.165) is 11.8 Å². The first-order valence-electron chi connectivity index (χ1n) is 8.93. The van der Waals surface area contributed by atoms with Gasteiger partial charge >= 0.3 is 0 Å². The van der Waals surface area contributed by atoms with Gasteiger partial charge in [0.05, 0.1) is 6.26 Å². The lowest BCUT2D eigenvalue weighted by Gasteiger charge is -2.53. The van der Waals surface area contributed by atoms with Crippen LogP contribution in [0.15, 0.2) is 48.6 Å². The predicted molar refractivity (Wildman–Crippen MR) is 104 cm³/mol. The van der Waals surface area contributed by atoms with Crippen LogP contribution in [0.4, 0.5) is 0 Å². The molecule has 1 aromatic carbocycles. The Bertz CT molecular complexity index is 918. The number of fused-ring (bicyclic) bond motifs is 1. The molecule has 2 atom stereocenters. The number of carbonyl (C=O) groups is 1. The minimum atomic E-state index is -3.79. The van der Waals surface area contributed by atoms with Gasteiger partial charge in [-0.3, -0.25) is 8.98 Å². The molecule has 0 aromatic heterocycles. The maximum atomic E-state index is 13.3. The number of carbonyl (C=O) groups excluding carboxylic acids is 1. The maximum Gasteiger partial charge on any atom is 0.264 e. The number of hydrogen-bond donors (Lipinski definition) is 0. The SMILES string of the molecule is COC(OC)(C(C)OS(C)(=O)=O)C1(N2Cc3ccccc3C2=O)C=CC=CC1.